The molecule has 0 radical (unpaired) electrons. The maximum absolute atomic E-state index is 11.7. The summed E-state index contributed by atoms with van der Waals surface area (Å²) in [5.41, 5.74) is 1.28. The summed E-state index contributed by atoms with van der Waals surface area (Å²) in [4.78, 5) is 16.5. The van der Waals surface area contributed by atoms with Crippen LogP contribution in [0.4, 0.5) is 0 Å². The summed E-state index contributed by atoms with van der Waals surface area (Å²) < 4.78 is 11.8. The van der Waals surface area contributed by atoms with Crippen LogP contribution in [0, 0.1) is 6.92 Å². The van der Waals surface area contributed by atoms with Gasteiger partial charge in [0.05, 0.1) is 4.88 Å². The largest absolute Gasteiger partial charge is 0.457 e. The molecule has 0 saturated carbocycles. The number of pyridine rings is 1. The monoisotopic (exact) mass is 358 g/mol. The highest BCUT2D eigenvalue weighted by atomic mass is 32.1. The van der Waals surface area contributed by atoms with Gasteiger partial charge in [0.25, 0.3) is 5.91 Å². The van der Waals surface area contributed by atoms with Gasteiger partial charge in [-0.1, -0.05) is 0 Å². The summed E-state index contributed by atoms with van der Waals surface area (Å²) in [7, 11) is 3.02. The zero-order valence-corrected chi connectivity index (χ0v) is 14.9. The molecule has 0 bridgehead atoms. The molecule has 1 unspecified atom stereocenters. The van der Waals surface area contributed by atoms with Crippen LogP contribution in [0.5, 0.6) is 11.5 Å². The van der Waals surface area contributed by atoms with Crippen molar-refractivity contribution in [2.75, 3.05) is 14.2 Å². The predicted octanol–water partition coefficient (Wildman–Crippen LogP) is 3.39. The number of hydrogen-bond donors (Lipinski definition) is 2. The van der Waals surface area contributed by atoms with Crippen LogP contribution in [0.25, 0.3) is 10.1 Å². The number of aryl methyl sites for hydroxylation is 1. The van der Waals surface area contributed by atoms with E-state index in [1.807, 2.05) is 25.1 Å². The van der Waals surface area contributed by atoms with Crippen molar-refractivity contribution in [2.24, 2.45) is 0 Å². The van der Waals surface area contributed by atoms with Crippen molar-refractivity contribution >= 4 is 27.3 Å². The molecule has 1 aromatic carbocycles. The van der Waals surface area contributed by atoms with Gasteiger partial charge in [0.1, 0.15) is 17.2 Å². The minimum atomic E-state index is -0.933. The van der Waals surface area contributed by atoms with Gasteiger partial charge in [-0.05, 0) is 42.1 Å². The number of thiophene rings is 1. The van der Waals surface area contributed by atoms with Gasteiger partial charge in [0.15, 0.2) is 6.29 Å². The number of methoxy groups -OCH3 is 1. The Kier molecular flexibility index (Phi) is 4.98. The molecule has 7 heteroatoms. The van der Waals surface area contributed by atoms with Gasteiger partial charge >= 0.3 is 0 Å². The lowest BCUT2D eigenvalue weighted by Crippen LogP contribution is -2.18. The molecule has 2 aromatic heterocycles. The zero-order chi connectivity index (χ0) is 18.0. The predicted molar refractivity (Wildman–Crippen MR) is 96.2 cm³/mol. The maximum Gasteiger partial charge on any atom is 0.269 e. The molecule has 0 spiro atoms. The Hall–Kier alpha value is -2.48. The fraction of sp³-hybridized carbons (Fsp3) is 0.222. The van der Waals surface area contributed by atoms with Crippen LogP contribution in [0.1, 0.15) is 27.2 Å². The van der Waals surface area contributed by atoms with Crippen molar-refractivity contribution in [1.29, 1.82) is 0 Å². The van der Waals surface area contributed by atoms with Crippen LogP contribution < -0.4 is 10.1 Å². The third-order valence-electron chi connectivity index (χ3n) is 3.82. The molecule has 6 nitrogen and oxygen atoms in total. The summed E-state index contributed by atoms with van der Waals surface area (Å²) in [6, 6.07) is 8.98. The Balaban J connectivity index is 1.91. The second kappa shape index (κ2) is 7.18. The summed E-state index contributed by atoms with van der Waals surface area (Å²) in [6.45, 7) is 1.95. The number of rotatable bonds is 5. The summed E-state index contributed by atoms with van der Waals surface area (Å²) in [6.07, 6.45) is 0.595. The van der Waals surface area contributed by atoms with Crippen LogP contribution >= 0.6 is 11.3 Å². The molecule has 0 saturated heterocycles. The molecule has 1 atom stereocenters. The highest BCUT2D eigenvalue weighted by Gasteiger charge is 2.16. The molecular weight excluding hydrogens is 340 g/mol. The topological polar surface area (TPSA) is 80.7 Å². The minimum absolute atomic E-state index is 0.270. The van der Waals surface area contributed by atoms with E-state index in [2.05, 4.69) is 10.3 Å². The van der Waals surface area contributed by atoms with E-state index in [4.69, 9.17) is 9.47 Å². The van der Waals surface area contributed by atoms with Crippen molar-refractivity contribution in [3.05, 3.63) is 52.7 Å². The van der Waals surface area contributed by atoms with Crippen LogP contribution in [-0.2, 0) is 4.74 Å². The Labute approximate surface area is 149 Å². The van der Waals surface area contributed by atoms with E-state index in [0.29, 0.717) is 17.2 Å². The molecule has 0 aliphatic heterocycles. The lowest BCUT2D eigenvalue weighted by molar-refractivity contribution is -0.0746. The first-order valence-electron chi connectivity index (χ1n) is 7.63. The lowest BCUT2D eigenvalue weighted by Gasteiger charge is -2.07. The SMILES string of the molecule is CNC(=O)c1cc(Oc2ccc3c(C)c(C(O)OC)sc3c2)ccn1. The quantitative estimate of drug-likeness (QED) is 0.683. The second-order valence-corrected chi connectivity index (χ2v) is 6.48. The molecule has 130 valence electrons. The molecule has 1 amide bonds. The van der Waals surface area contributed by atoms with Gasteiger partial charge in [0, 0.05) is 31.1 Å². The van der Waals surface area contributed by atoms with Crippen LogP contribution in [0.3, 0.4) is 0 Å². The van der Waals surface area contributed by atoms with Crippen molar-refractivity contribution in [3.8, 4) is 11.5 Å². The van der Waals surface area contributed by atoms with E-state index in [9.17, 15) is 9.90 Å². The number of amides is 1. The average Bonchev–Trinajstić information content (AvgIpc) is 2.96. The van der Waals surface area contributed by atoms with Crippen molar-refractivity contribution < 1.29 is 19.4 Å². The van der Waals surface area contributed by atoms with E-state index in [1.165, 1.54) is 24.6 Å². The van der Waals surface area contributed by atoms with Crippen molar-refractivity contribution in [1.82, 2.24) is 10.3 Å². The van der Waals surface area contributed by atoms with Gasteiger partial charge < -0.3 is 19.9 Å². The zero-order valence-electron chi connectivity index (χ0n) is 14.1. The van der Waals surface area contributed by atoms with Crippen LogP contribution in [-0.4, -0.2) is 30.2 Å². The summed E-state index contributed by atoms with van der Waals surface area (Å²) in [5.74, 6) is 0.896. The van der Waals surface area contributed by atoms with Crippen molar-refractivity contribution in [2.45, 2.75) is 13.2 Å². The molecule has 3 aromatic rings. The number of hydrogen-bond acceptors (Lipinski definition) is 6. The number of aliphatic hydroxyl groups is 1. The van der Waals surface area contributed by atoms with Gasteiger partial charge in [-0.15, -0.1) is 11.3 Å². The van der Waals surface area contributed by atoms with Crippen molar-refractivity contribution in [3.63, 3.8) is 0 Å². The number of carbonyl (C=O) groups excluding carboxylic acids is 1. The molecule has 0 aliphatic rings. The number of nitrogens with one attached hydrogen (secondary N) is 1. The van der Waals surface area contributed by atoms with Gasteiger partial charge in [0.2, 0.25) is 0 Å². The fourth-order valence-corrected chi connectivity index (χ4v) is 3.70. The Morgan fingerprint density at radius 2 is 2.04 bits per heavy atom. The number of benzene rings is 1. The first-order valence-corrected chi connectivity index (χ1v) is 8.45. The van der Waals surface area contributed by atoms with E-state index in [1.54, 1.807) is 19.2 Å². The average molecular weight is 358 g/mol. The van der Waals surface area contributed by atoms with E-state index in [0.717, 1.165) is 20.5 Å². The van der Waals surface area contributed by atoms with Gasteiger partial charge in [-0.25, -0.2) is 0 Å². The number of carbonyl (C=O) groups is 1. The summed E-state index contributed by atoms with van der Waals surface area (Å²) >= 11 is 1.46. The number of aliphatic hydroxyl groups excluding tert-OH is 1. The van der Waals surface area contributed by atoms with E-state index < -0.39 is 6.29 Å². The fourth-order valence-electron chi connectivity index (χ4n) is 2.49. The maximum atomic E-state index is 11.7. The second-order valence-electron chi connectivity index (χ2n) is 5.40. The Morgan fingerprint density at radius 1 is 1.28 bits per heavy atom. The molecule has 25 heavy (non-hydrogen) atoms. The Bertz CT molecular complexity index is 923. The summed E-state index contributed by atoms with van der Waals surface area (Å²) in [5, 5.41) is 13.5. The Morgan fingerprint density at radius 3 is 2.76 bits per heavy atom. The third kappa shape index (κ3) is 3.48. The molecule has 0 fully saturated rings. The first kappa shape index (κ1) is 17.3. The number of aromatic nitrogens is 1. The number of ether oxygens (including phenoxy) is 2. The molecular formula is C18H18N2O4S. The standard InChI is InChI=1S/C18H18N2O4S/c1-10-13-5-4-11(9-15(13)25-16(10)18(22)23-3)24-12-6-7-20-14(8-12)17(21)19-2/h4-9,18,22H,1-3H3,(H,19,21). The smallest absolute Gasteiger partial charge is 0.269 e. The molecule has 0 aliphatic carbocycles. The van der Waals surface area contributed by atoms with E-state index in [-0.39, 0.29) is 5.91 Å². The third-order valence-corrected chi connectivity index (χ3v) is 5.11. The highest BCUT2D eigenvalue weighted by Crippen LogP contribution is 2.37. The number of nitrogens with zero attached hydrogens (tertiary/aromatic N) is 1. The first-order chi connectivity index (χ1) is 12.0. The highest BCUT2D eigenvalue weighted by molar-refractivity contribution is 7.19. The molecule has 2 heterocycles. The lowest BCUT2D eigenvalue weighted by atomic mass is 10.1. The normalized spacial score (nSPS) is 12.2. The number of fused-ring (bicyclic) bond motifs is 1. The molecule has 3 rings (SSSR count). The minimum Gasteiger partial charge on any atom is -0.457 e. The molecule has 2 N–H and O–H groups in total. The van der Waals surface area contributed by atoms with Gasteiger partial charge in [-0.2, -0.15) is 0 Å². The van der Waals surface area contributed by atoms with Gasteiger partial charge in [-0.3, -0.25) is 9.78 Å². The van der Waals surface area contributed by atoms with E-state index >= 15 is 0 Å². The van der Waals surface area contributed by atoms with Crippen LogP contribution in [0.15, 0.2) is 36.5 Å². The van der Waals surface area contributed by atoms with Crippen LogP contribution in [0.2, 0.25) is 0 Å².